The van der Waals surface area contributed by atoms with Crippen molar-refractivity contribution in [2.24, 2.45) is 0 Å². The second-order valence-electron chi connectivity index (χ2n) is 6.25. The fourth-order valence-electron chi connectivity index (χ4n) is 3.71. The minimum Gasteiger partial charge on any atom is -0.493 e. The van der Waals surface area contributed by atoms with Gasteiger partial charge in [-0.25, -0.2) is 4.79 Å². The van der Waals surface area contributed by atoms with Gasteiger partial charge in [0.1, 0.15) is 6.10 Å². The lowest BCUT2D eigenvalue weighted by Gasteiger charge is -2.43. The number of hydrogen-bond acceptors (Lipinski definition) is 5. The SMILES string of the molecule is COc1ccc(C(=O)OC2CCCN3CCCCC23)cc1OC. The van der Waals surface area contributed by atoms with Gasteiger partial charge in [-0.05, 0) is 57.0 Å². The Bertz CT molecular complexity index is 558. The fraction of sp³-hybridized carbons (Fsp3) is 0.611. The highest BCUT2D eigenvalue weighted by Crippen LogP contribution is 2.31. The summed E-state index contributed by atoms with van der Waals surface area (Å²) in [6.07, 6.45) is 5.67. The minimum atomic E-state index is -0.275. The average Bonchev–Trinajstić information content (AvgIpc) is 2.61. The molecule has 5 heteroatoms. The normalized spacial score (nSPS) is 24.6. The molecule has 2 atom stereocenters. The van der Waals surface area contributed by atoms with Crippen molar-refractivity contribution < 1.29 is 19.0 Å². The molecule has 2 aliphatic heterocycles. The lowest BCUT2D eigenvalue weighted by molar-refractivity contribution is -0.0342. The molecule has 0 aromatic heterocycles. The van der Waals surface area contributed by atoms with E-state index >= 15 is 0 Å². The Morgan fingerprint density at radius 2 is 1.83 bits per heavy atom. The van der Waals surface area contributed by atoms with Crippen molar-refractivity contribution in [3.8, 4) is 11.5 Å². The summed E-state index contributed by atoms with van der Waals surface area (Å²) in [6, 6.07) is 5.54. The molecule has 2 unspecified atom stereocenters. The lowest BCUT2D eigenvalue weighted by Crippen LogP contribution is -2.51. The number of hydrogen-bond donors (Lipinski definition) is 0. The van der Waals surface area contributed by atoms with Gasteiger partial charge in [-0.15, -0.1) is 0 Å². The summed E-state index contributed by atoms with van der Waals surface area (Å²) in [7, 11) is 3.14. The van der Waals surface area contributed by atoms with Gasteiger partial charge in [-0.1, -0.05) is 6.42 Å². The van der Waals surface area contributed by atoms with E-state index in [1.165, 1.54) is 12.8 Å². The highest BCUT2D eigenvalue weighted by Gasteiger charge is 2.35. The number of esters is 1. The smallest absolute Gasteiger partial charge is 0.338 e. The molecule has 0 radical (unpaired) electrons. The fourth-order valence-corrected chi connectivity index (χ4v) is 3.71. The number of fused-ring (bicyclic) bond motifs is 1. The Morgan fingerprint density at radius 1 is 1.04 bits per heavy atom. The standard InChI is InChI=1S/C18H25NO4/c1-21-16-9-8-13(12-17(16)22-2)18(20)23-15-7-5-11-19-10-4-3-6-14(15)19/h8-9,12,14-15H,3-7,10-11H2,1-2H3. The van der Waals surface area contributed by atoms with Gasteiger partial charge in [0.25, 0.3) is 0 Å². The summed E-state index contributed by atoms with van der Waals surface area (Å²) in [5, 5.41) is 0. The summed E-state index contributed by atoms with van der Waals surface area (Å²) in [6.45, 7) is 2.27. The van der Waals surface area contributed by atoms with E-state index in [9.17, 15) is 4.79 Å². The van der Waals surface area contributed by atoms with E-state index in [4.69, 9.17) is 14.2 Å². The second-order valence-corrected chi connectivity index (χ2v) is 6.25. The molecule has 126 valence electrons. The molecule has 0 N–H and O–H groups in total. The molecule has 0 bridgehead atoms. The molecule has 0 saturated carbocycles. The first kappa shape index (κ1) is 16.1. The van der Waals surface area contributed by atoms with Crippen LogP contribution in [0.1, 0.15) is 42.5 Å². The van der Waals surface area contributed by atoms with Gasteiger partial charge in [0.05, 0.1) is 19.8 Å². The number of carbonyl (C=O) groups excluding carboxylic acids is 1. The monoisotopic (exact) mass is 319 g/mol. The van der Waals surface area contributed by atoms with Gasteiger partial charge in [-0.3, -0.25) is 4.90 Å². The van der Waals surface area contributed by atoms with E-state index in [0.717, 1.165) is 32.4 Å². The first-order chi connectivity index (χ1) is 11.2. The topological polar surface area (TPSA) is 48.0 Å². The van der Waals surface area contributed by atoms with E-state index in [2.05, 4.69) is 4.90 Å². The lowest BCUT2D eigenvalue weighted by atomic mass is 9.90. The van der Waals surface area contributed by atoms with Crippen LogP contribution >= 0.6 is 0 Å². The summed E-state index contributed by atoms with van der Waals surface area (Å²) < 4.78 is 16.3. The molecule has 0 amide bonds. The third-order valence-corrected chi connectivity index (χ3v) is 4.91. The zero-order chi connectivity index (χ0) is 16.2. The zero-order valence-corrected chi connectivity index (χ0v) is 13.9. The van der Waals surface area contributed by atoms with Crippen LogP contribution < -0.4 is 9.47 Å². The van der Waals surface area contributed by atoms with Gasteiger partial charge in [0.2, 0.25) is 0 Å². The summed E-state index contributed by atoms with van der Waals surface area (Å²) >= 11 is 0. The predicted octanol–water partition coefficient (Wildman–Crippen LogP) is 2.88. The number of carbonyl (C=O) groups is 1. The maximum atomic E-state index is 12.5. The molecule has 0 spiro atoms. The van der Waals surface area contributed by atoms with Crippen LogP contribution in [0.4, 0.5) is 0 Å². The molecule has 2 aliphatic rings. The maximum Gasteiger partial charge on any atom is 0.338 e. The van der Waals surface area contributed by atoms with Crippen LogP contribution in [0.2, 0.25) is 0 Å². The average molecular weight is 319 g/mol. The van der Waals surface area contributed by atoms with Crippen LogP contribution in [-0.4, -0.2) is 50.3 Å². The van der Waals surface area contributed by atoms with Crippen molar-refractivity contribution in [2.45, 2.75) is 44.2 Å². The van der Waals surface area contributed by atoms with Gasteiger partial charge >= 0.3 is 5.97 Å². The second kappa shape index (κ2) is 7.21. The molecule has 3 rings (SSSR count). The Balaban J connectivity index is 1.70. The number of ether oxygens (including phenoxy) is 3. The molecular formula is C18H25NO4. The zero-order valence-electron chi connectivity index (χ0n) is 13.9. The highest BCUT2D eigenvalue weighted by molar-refractivity contribution is 5.90. The largest absolute Gasteiger partial charge is 0.493 e. The molecule has 2 fully saturated rings. The Kier molecular flexibility index (Phi) is 5.06. The van der Waals surface area contributed by atoms with E-state index < -0.39 is 0 Å². The van der Waals surface area contributed by atoms with Gasteiger partial charge in [-0.2, -0.15) is 0 Å². The van der Waals surface area contributed by atoms with E-state index in [1.807, 2.05) is 0 Å². The first-order valence-electron chi connectivity index (χ1n) is 8.40. The number of methoxy groups -OCH3 is 2. The van der Waals surface area contributed by atoms with Crippen LogP contribution in [-0.2, 0) is 4.74 Å². The molecule has 1 aromatic rings. The summed E-state index contributed by atoms with van der Waals surface area (Å²) in [5.41, 5.74) is 0.510. The van der Waals surface area contributed by atoms with Crippen molar-refractivity contribution in [1.82, 2.24) is 4.90 Å². The number of rotatable bonds is 4. The van der Waals surface area contributed by atoms with Crippen molar-refractivity contribution >= 4 is 5.97 Å². The van der Waals surface area contributed by atoms with Crippen molar-refractivity contribution in [3.05, 3.63) is 23.8 Å². The number of piperidine rings is 2. The van der Waals surface area contributed by atoms with E-state index in [1.54, 1.807) is 32.4 Å². The number of nitrogens with zero attached hydrogens (tertiary/aromatic N) is 1. The van der Waals surface area contributed by atoms with E-state index in [-0.39, 0.29) is 12.1 Å². The third kappa shape index (κ3) is 3.44. The Morgan fingerprint density at radius 3 is 2.61 bits per heavy atom. The molecule has 23 heavy (non-hydrogen) atoms. The summed E-state index contributed by atoms with van der Waals surface area (Å²) in [5.74, 6) is 0.883. The quantitative estimate of drug-likeness (QED) is 0.799. The molecule has 2 heterocycles. The van der Waals surface area contributed by atoms with Crippen molar-refractivity contribution in [2.75, 3.05) is 27.3 Å². The third-order valence-electron chi connectivity index (χ3n) is 4.91. The number of benzene rings is 1. The maximum absolute atomic E-state index is 12.5. The highest BCUT2D eigenvalue weighted by atomic mass is 16.5. The minimum absolute atomic E-state index is 0.00430. The Labute approximate surface area is 137 Å². The predicted molar refractivity (Wildman–Crippen MR) is 87.2 cm³/mol. The van der Waals surface area contributed by atoms with Crippen LogP contribution in [0.25, 0.3) is 0 Å². The van der Waals surface area contributed by atoms with Gasteiger partial charge in [0.15, 0.2) is 11.5 Å². The van der Waals surface area contributed by atoms with Crippen LogP contribution in [0, 0.1) is 0 Å². The van der Waals surface area contributed by atoms with Crippen molar-refractivity contribution in [1.29, 1.82) is 0 Å². The molecule has 2 saturated heterocycles. The van der Waals surface area contributed by atoms with Crippen molar-refractivity contribution in [3.63, 3.8) is 0 Å². The molecular weight excluding hydrogens is 294 g/mol. The summed E-state index contributed by atoms with van der Waals surface area (Å²) in [4.78, 5) is 15.0. The van der Waals surface area contributed by atoms with Crippen LogP contribution in [0.5, 0.6) is 11.5 Å². The molecule has 1 aromatic carbocycles. The van der Waals surface area contributed by atoms with E-state index in [0.29, 0.717) is 23.1 Å². The first-order valence-corrected chi connectivity index (χ1v) is 8.40. The van der Waals surface area contributed by atoms with Gasteiger partial charge in [0, 0.05) is 6.04 Å². The van der Waals surface area contributed by atoms with Gasteiger partial charge < -0.3 is 14.2 Å². The molecule has 5 nitrogen and oxygen atoms in total. The van der Waals surface area contributed by atoms with Crippen LogP contribution in [0.3, 0.4) is 0 Å². The van der Waals surface area contributed by atoms with Crippen LogP contribution in [0.15, 0.2) is 18.2 Å². The Hall–Kier alpha value is -1.75. The molecule has 0 aliphatic carbocycles.